The van der Waals surface area contributed by atoms with E-state index < -0.39 is 0 Å². The van der Waals surface area contributed by atoms with Crippen LogP contribution in [0, 0.1) is 0 Å². The van der Waals surface area contributed by atoms with Crippen molar-refractivity contribution in [2.24, 2.45) is 0 Å². The number of hydrogen-bond donors (Lipinski definition) is 0. The fourth-order valence-electron chi connectivity index (χ4n) is 1.64. The minimum atomic E-state index is -0.297. The maximum Gasteiger partial charge on any atom is 0.338 e. The van der Waals surface area contributed by atoms with E-state index in [1.807, 2.05) is 13.8 Å². The van der Waals surface area contributed by atoms with Crippen LogP contribution in [0.25, 0.3) is 0 Å². The van der Waals surface area contributed by atoms with Gasteiger partial charge in [-0.15, -0.1) is 0 Å². The molecule has 0 aromatic rings. The van der Waals surface area contributed by atoms with Crippen molar-refractivity contribution in [2.45, 2.75) is 58.2 Å². The molecule has 3 nitrogen and oxygen atoms in total. The zero-order valence-corrected chi connectivity index (χ0v) is 9.34. The second-order valence-corrected chi connectivity index (χ2v) is 3.79. The lowest BCUT2D eigenvalue weighted by molar-refractivity contribution is -0.145. The van der Waals surface area contributed by atoms with Gasteiger partial charge in [-0.2, -0.15) is 0 Å². The second-order valence-electron chi connectivity index (χ2n) is 3.79. The molecule has 1 aliphatic rings. The summed E-state index contributed by atoms with van der Waals surface area (Å²) in [6.45, 7) is 6.69. The summed E-state index contributed by atoms with van der Waals surface area (Å²) in [4.78, 5) is 11.5. The van der Waals surface area contributed by atoms with E-state index in [0.717, 1.165) is 25.7 Å². The minimum absolute atomic E-state index is 0.179. The van der Waals surface area contributed by atoms with Crippen LogP contribution in [0.15, 0.2) is 0 Å². The number of ether oxygens (including phenoxy) is 2. The maximum absolute atomic E-state index is 11.5. The number of carbonyl (C=O) groups excluding carboxylic acids is 1. The highest BCUT2D eigenvalue weighted by atomic mass is 16.7. The fraction of sp³-hybridized carbons (Fsp3) is 0.909. The second kappa shape index (κ2) is 4.78. The SMILES string of the molecule is CCCCOC(=O)C1OC1(CC)CC. The quantitative estimate of drug-likeness (QED) is 0.375. The fourth-order valence-corrected chi connectivity index (χ4v) is 1.64. The molecule has 82 valence electrons. The molecule has 0 spiro atoms. The van der Waals surface area contributed by atoms with Crippen LogP contribution in [0.5, 0.6) is 0 Å². The van der Waals surface area contributed by atoms with Gasteiger partial charge in [-0.25, -0.2) is 4.79 Å². The topological polar surface area (TPSA) is 38.8 Å². The average Bonchev–Trinajstić information content (AvgIpc) is 2.93. The van der Waals surface area contributed by atoms with E-state index in [9.17, 15) is 4.79 Å². The van der Waals surface area contributed by atoms with E-state index in [0.29, 0.717) is 6.61 Å². The lowest BCUT2D eigenvalue weighted by Gasteiger charge is -2.05. The van der Waals surface area contributed by atoms with Gasteiger partial charge in [0.05, 0.1) is 6.61 Å². The molecule has 0 radical (unpaired) electrons. The highest BCUT2D eigenvalue weighted by Gasteiger charge is 2.58. The average molecular weight is 200 g/mol. The van der Waals surface area contributed by atoms with Crippen LogP contribution in [-0.2, 0) is 14.3 Å². The Morgan fingerprint density at radius 2 is 2.00 bits per heavy atom. The van der Waals surface area contributed by atoms with Gasteiger partial charge in [0, 0.05) is 0 Å². The van der Waals surface area contributed by atoms with Crippen LogP contribution in [0.4, 0.5) is 0 Å². The molecule has 1 heterocycles. The lowest BCUT2D eigenvalue weighted by atomic mass is 9.99. The van der Waals surface area contributed by atoms with Crippen molar-refractivity contribution in [1.82, 2.24) is 0 Å². The Morgan fingerprint density at radius 1 is 1.36 bits per heavy atom. The van der Waals surface area contributed by atoms with Crippen LogP contribution in [0.3, 0.4) is 0 Å². The van der Waals surface area contributed by atoms with Crippen molar-refractivity contribution < 1.29 is 14.3 Å². The molecule has 0 aliphatic carbocycles. The Hall–Kier alpha value is -0.570. The van der Waals surface area contributed by atoms with Gasteiger partial charge in [0.2, 0.25) is 0 Å². The number of carbonyl (C=O) groups is 1. The van der Waals surface area contributed by atoms with Crippen LogP contribution < -0.4 is 0 Å². The van der Waals surface area contributed by atoms with E-state index in [2.05, 4.69) is 6.92 Å². The summed E-state index contributed by atoms with van der Waals surface area (Å²) in [7, 11) is 0. The van der Waals surface area contributed by atoms with Crippen molar-refractivity contribution in [3.05, 3.63) is 0 Å². The van der Waals surface area contributed by atoms with Gasteiger partial charge < -0.3 is 9.47 Å². The molecular weight excluding hydrogens is 180 g/mol. The normalized spacial score (nSPS) is 23.2. The van der Waals surface area contributed by atoms with Crippen molar-refractivity contribution in [3.8, 4) is 0 Å². The summed E-state index contributed by atoms with van der Waals surface area (Å²) < 4.78 is 10.5. The smallest absolute Gasteiger partial charge is 0.338 e. The highest BCUT2D eigenvalue weighted by Crippen LogP contribution is 2.43. The van der Waals surface area contributed by atoms with Gasteiger partial charge >= 0.3 is 5.97 Å². The number of epoxide rings is 1. The molecular formula is C11H20O3. The molecule has 3 heteroatoms. The number of esters is 1. The summed E-state index contributed by atoms with van der Waals surface area (Å²) in [6, 6.07) is 0. The number of hydrogen-bond acceptors (Lipinski definition) is 3. The third kappa shape index (κ3) is 2.27. The predicted molar refractivity (Wildman–Crippen MR) is 54.1 cm³/mol. The van der Waals surface area contributed by atoms with Crippen LogP contribution >= 0.6 is 0 Å². The molecule has 14 heavy (non-hydrogen) atoms. The first-order valence-corrected chi connectivity index (χ1v) is 5.54. The number of unbranched alkanes of at least 4 members (excludes halogenated alkanes) is 1. The van der Waals surface area contributed by atoms with Gasteiger partial charge in [0.1, 0.15) is 5.60 Å². The minimum Gasteiger partial charge on any atom is -0.464 e. The Kier molecular flexibility index (Phi) is 3.93. The van der Waals surface area contributed by atoms with Gasteiger partial charge in [0.15, 0.2) is 6.10 Å². The summed E-state index contributed by atoms with van der Waals surface area (Å²) in [5.74, 6) is -0.179. The highest BCUT2D eigenvalue weighted by molar-refractivity contribution is 5.79. The Morgan fingerprint density at radius 3 is 2.43 bits per heavy atom. The molecule has 0 saturated carbocycles. The van der Waals surface area contributed by atoms with E-state index in [-0.39, 0.29) is 17.7 Å². The summed E-state index contributed by atoms with van der Waals surface area (Å²) in [6.07, 6.45) is 3.46. The van der Waals surface area contributed by atoms with E-state index >= 15 is 0 Å². The maximum atomic E-state index is 11.5. The monoisotopic (exact) mass is 200 g/mol. The molecule has 0 aromatic carbocycles. The van der Waals surface area contributed by atoms with Crippen LogP contribution in [0.1, 0.15) is 46.5 Å². The summed E-state index contributed by atoms with van der Waals surface area (Å²) >= 11 is 0. The van der Waals surface area contributed by atoms with Crippen molar-refractivity contribution >= 4 is 5.97 Å². The standard InChI is InChI=1S/C11H20O3/c1-4-7-8-13-10(12)9-11(5-2,6-3)14-9/h9H,4-8H2,1-3H3. The Labute approximate surface area is 85.8 Å². The summed E-state index contributed by atoms with van der Waals surface area (Å²) in [5, 5.41) is 0. The molecule has 1 atom stereocenters. The molecule has 1 aliphatic heterocycles. The van der Waals surface area contributed by atoms with Crippen molar-refractivity contribution in [2.75, 3.05) is 6.61 Å². The zero-order valence-electron chi connectivity index (χ0n) is 9.34. The summed E-state index contributed by atoms with van der Waals surface area (Å²) in [5.41, 5.74) is -0.205. The molecule has 1 fully saturated rings. The third-order valence-corrected chi connectivity index (χ3v) is 2.93. The first-order chi connectivity index (χ1) is 6.70. The Bertz CT molecular complexity index is 197. The van der Waals surface area contributed by atoms with Gasteiger partial charge in [0.25, 0.3) is 0 Å². The Balaban J connectivity index is 2.27. The van der Waals surface area contributed by atoms with Crippen molar-refractivity contribution in [1.29, 1.82) is 0 Å². The predicted octanol–water partition coefficient (Wildman–Crippen LogP) is 2.29. The lowest BCUT2D eigenvalue weighted by Crippen LogP contribution is -2.21. The zero-order chi connectivity index (χ0) is 10.6. The first-order valence-electron chi connectivity index (χ1n) is 5.54. The number of rotatable bonds is 6. The first kappa shape index (κ1) is 11.5. The molecule has 1 unspecified atom stereocenters. The van der Waals surface area contributed by atoms with Gasteiger partial charge in [-0.1, -0.05) is 27.2 Å². The largest absolute Gasteiger partial charge is 0.464 e. The molecule has 1 rings (SSSR count). The van der Waals surface area contributed by atoms with Gasteiger partial charge in [-0.3, -0.25) is 0 Å². The van der Waals surface area contributed by atoms with Crippen LogP contribution in [0.2, 0.25) is 0 Å². The van der Waals surface area contributed by atoms with Gasteiger partial charge in [-0.05, 0) is 19.3 Å². The van der Waals surface area contributed by atoms with Crippen molar-refractivity contribution in [3.63, 3.8) is 0 Å². The van der Waals surface area contributed by atoms with E-state index in [1.54, 1.807) is 0 Å². The third-order valence-electron chi connectivity index (χ3n) is 2.93. The molecule has 1 saturated heterocycles. The van der Waals surface area contributed by atoms with E-state index in [4.69, 9.17) is 9.47 Å². The van der Waals surface area contributed by atoms with E-state index in [1.165, 1.54) is 0 Å². The molecule has 0 amide bonds. The molecule has 0 aromatic heterocycles. The molecule has 0 N–H and O–H groups in total. The molecule has 0 bridgehead atoms. The van der Waals surface area contributed by atoms with Crippen LogP contribution in [-0.4, -0.2) is 24.3 Å².